The summed E-state index contributed by atoms with van der Waals surface area (Å²) in [4.78, 5) is 0. The molecule has 1 atom stereocenters. The van der Waals surface area contributed by atoms with Gasteiger partial charge >= 0.3 is 15.6 Å². The van der Waals surface area contributed by atoms with E-state index >= 15 is 0 Å². The second kappa shape index (κ2) is 3.87. The quantitative estimate of drug-likeness (QED) is 0.427. The minimum atomic E-state index is -5.72. The van der Waals surface area contributed by atoms with Gasteiger partial charge in [0.1, 0.15) is 6.61 Å². The zero-order valence-corrected chi connectivity index (χ0v) is 8.20. The van der Waals surface area contributed by atoms with Crippen LogP contribution >= 0.6 is 0 Å². The van der Waals surface area contributed by atoms with Gasteiger partial charge in [0.05, 0.1) is 6.61 Å². The molecule has 1 fully saturated rings. The van der Waals surface area contributed by atoms with Crippen LogP contribution in [0.15, 0.2) is 0 Å². The lowest BCUT2D eigenvalue weighted by molar-refractivity contribution is -0.0578. The Kier molecular flexibility index (Phi) is 3.27. The van der Waals surface area contributed by atoms with Gasteiger partial charge in [-0.1, -0.05) is 0 Å². The molecule has 0 spiro atoms. The van der Waals surface area contributed by atoms with Crippen molar-refractivity contribution in [2.45, 2.75) is 17.6 Å². The maximum absolute atomic E-state index is 13.3. The number of alkyl halides is 4. The lowest BCUT2D eigenvalue weighted by Gasteiger charge is -2.17. The van der Waals surface area contributed by atoms with Crippen LogP contribution in [-0.2, 0) is 19.0 Å². The van der Waals surface area contributed by atoms with Crippen molar-refractivity contribution in [1.29, 1.82) is 0 Å². The number of rotatable bonds is 3. The van der Waals surface area contributed by atoms with Crippen LogP contribution in [0.1, 0.15) is 6.42 Å². The Balaban J connectivity index is 2.57. The van der Waals surface area contributed by atoms with Crippen LogP contribution < -0.4 is 0 Å². The van der Waals surface area contributed by atoms with E-state index in [-0.39, 0.29) is 13.0 Å². The first-order valence-corrected chi connectivity index (χ1v) is 5.29. The predicted octanol–water partition coefficient (Wildman–Crippen LogP) is 0.981. The molecule has 0 amide bonds. The molecule has 0 radical (unpaired) electrons. The summed E-state index contributed by atoms with van der Waals surface area (Å²) in [5.41, 5.74) is -7.68. The van der Waals surface area contributed by atoms with Crippen molar-refractivity contribution in [2.24, 2.45) is 0 Å². The highest BCUT2D eigenvalue weighted by Crippen LogP contribution is 2.29. The van der Waals surface area contributed by atoms with Crippen molar-refractivity contribution in [3.63, 3.8) is 0 Å². The summed E-state index contributed by atoms with van der Waals surface area (Å²) in [6.07, 6.45) is -0.180. The molecule has 0 aromatic heterocycles. The summed E-state index contributed by atoms with van der Waals surface area (Å²) in [5.74, 6) is 0. The second-order valence-electron chi connectivity index (χ2n) is 3.12. The Morgan fingerprint density at radius 3 is 2.40 bits per heavy atom. The molecule has 0 saturated carbocycles. The van der Waals surface area contributed by atoms with E-state index in [4.69, 9.17) is 0 Å². The SMILES string of the molecule is O=S(=O)(OCC1(F)CCOC1)C(F)(F)F. The van der Waals surface area contributed by atoms with Gasteiger partial charge in [-0.3, -0.25) is 4.18 Å². The summed E-state index contributed by atoms with van der Waals surface area (Å²) in [7, 11) is -5.72. The van der Waals surface area contributed by atoms with E-state index in [2.05, 4.69) is 8.92 Å². The van der Waals surface area contributed by atoms with Crippen LogP contribution in [0.2, 0.25) is 0 Å². The van der Waals surface area contributed by atoms with Crippen LogP contribution in [-0.4, -0.2) is 39.4 Å². The van der Waals surface area contributed by atoms with Gasteiger partial charge in [0.25, 0.3) is 0 Å². The molecule has 1 aliphatic heterocycles. The van der Waals surface area contributed by atoms with Gasteiger partial charge in [0.15, 0.2) is 5.67 Å². The Hall–Kier alpha value is -0.410. The molecule has 1 aliphatic rings. The van der Waals surface area contributed by atoms with Crippen LogP contribution in [0.5, 0.6) is 0 Å². The molecule has 1 unspecified atom stereocenters. The van der Waals surface area contributed by atoms with Gasteiger partial charge in [0.2, 0.25) is 0 Å². The van der Waals surface area contributed by atoms with E-state index < -0.39 is 34.5 Å². The molecule has 0 aromatic rings. The van der Waals surface area contributed by atoms with Gasteiger partial charge in [-0.15, -0.1) is 0 Å². The minimum absolute atomic E-state index is 0.0337. The average molecular weight is 252 g/mol. The number of hydrogen-bond donors (Lipinski definition) is 0. The number of ether oxygens (including phenoxy) is 1. The van der Waals surface area contributed by atoms with E-state index in [9.17, 15) is 26.0 Å². The molecule has 4 nitrogen and oxygen atoms in total. The zero-order valence-electron chi connectivity index (χ0n) is 7.38. The van der Waals surface area contributed by atoms with Crippen molar-refractivity contribution >= 4 is 10.1 Å². The molecule has 0 N–H and O–H groups in total. The van der Waals surface area contributed by atoms with Crippen LogP contribution in [0, 0.1) is 0 Å². The summed E-state index contributed by atoms with van der Waals surface area (Å²) >= 11 is 0. The molecular formula is C6H8F4O4S. The van der Waals surface area contributed by atoms with Gasteiger partial charge < -0.3 is 4.74 Å². The summed E-state index contributed by atoms with van der Waals surface area (Å²) in [6.45, 7) is -1.60. The highest BCUT2D eigenvalue weighted by molar-refractivity contribution is 7.87. The van der Waals surface area contributed by atoms with Crippen molar-refractivity contribution in [3.05, 3.63) is 0 Å². The highest BCUT2D eigenvalue weighted by Gasteiger charge is 2.49. The monoisotopic (exact) mass is 252 g/mol. The van der Waals surface area contributed by atoms with Crippen molar-refractivity contribution < 1.29 is 34.9 Å². The Morgan fingerprint density at radius 2 is 2.00 bits per heavy atom. The van der Waals surface area contributed by atoms with E-state index in [1.54, 1.807) is 0 Å². The number of hydrogen-bond acceptors (Lipinski definition) is 4. The second-order valence-corrected chi connectivity index (χ2v) is 4.72. The Labute approximate surface area is 83.3 Å². The maximum atomic E-state index is 13.3. The fourth-order valence-electron chi connectivity index (χ4n) is 0.946. The summed E-state index contributed by atoms with van der Waals surface area (Å²) in [5, 5.41) is 0. The standard InChI is InChI=1S/C6H8F4O4S/c7-5(1-2-13-3-5)4-14-15(11,12)6(8,9)10/h1-4H2. The molecule has 9 heteroatoms. The van der Waals surface area contributed by atoms with Crippen LogP contribution in [0.4, 0.5) is 17.6 Å². The van der Waals surface area contributed by atoms with Crippen LogP contribution in [0.25, 0.3) is 0 Å². The fraction of sp³-hybridized carbons (Fsp3) is 1.00. The zero-order chi connectivity index (χ0) is 11.7. The first-order valence-electron chi connectivity index (χ1n) is 3.89. The van der Waals surface area contributed by atoms with Gasteiger partial charge in [-0.25, -0.2) is 4.39 Å². The van der Waals surface area contributed by atoms with E-state index in [0.717, 1.165) is 0 Å². The lowest BCUT2D eigenvalue weighted by Crippen LogP contribution is -2.35. The maximum Gasteiger partial charge on any atom is 0.523 e. The molecule has 0 bridgehead atoms. The molecular weight excluding hydrogens is 244 g/mol. The minimum Gasteiger partial charge on any atom is -0.378 e. The molecule has 0 aliphatic carbocycles. The predicted molar refractivity (Wildman–Crippen MR) is 40.2 cm³/mol. The van der Waals surface area contributed by atoms with Crippen molar-refractivity contribution in [2.75, 3.05) is 19.8 Å². The molecule has 1 saturated heterocycles. The molecule has 15 heavy (non-hydrogen) atoms. The third-order valence-electron chi connectivity index (χ3n) is 1.81. The van der Waals surface area contributed by atoms with E-state index in [1.165, 1.54) is 0 Å². The van der Waals surface area contributed by atoms with Crippen molar-refractivity contribution in [3.8, 4) is 0 Å². The van der Waals surface area contributed by atoms with E-state index in [1.807, 2.05) is 0 Å². The largest absolute Gasteiger partial charge is 0.523 e. The molecule has 1 heterocycles. The topological polar surface area (TPSA) is 52.6 Å². The third-order valence-corrected chi connectivity index (χ3v) is 2.81. The van der Waals surface area contributed by atoms with Crippen molar-refractivity contribution in [1.82, 2.24) is 0 Å². The van der Waals surface area contributed by atoms with Gasteiger partial charge in [0, 0.05) is 13.0 Å². The molecule has 1 rings (SSSR count). The molecule has 90 valence electrons. The Bertz CT molecular complexity index is 317. The fourth-order valence-corrected chi connectivity index (χ4v) is 1.45. The highest BCUT2D eigenvalue weighted by atomic mass is 32.2. The summed E-state index contributed by atoms with van der Waals surface area (Å²) in [6, 6.07) is 0. The van der Waals surface area contributed by atoms with E-state index in [0.29, 0.717) is 0 Å². The summed E-state index contributed by atoms with van der Waals surface area (Å²) < 4.78 is 77.6. The first-order chi connectivity index (χ1) is 6.66. The molecule has 0 aromatic carbocycles. The smallest absolute Gasteiger partial charge is 0.378 e. The van der Waals surface area contributed by atoms with Crippen LogP contribution in [0.3, 0.4) is 0 Å². The average Bonchev–Trinajstić information content (AvgIpc) is 2.48. The first kappa shape index (κ1) is 12.7. The Morgan fingerprint density at radius 1 is 1.40 bits per heavy atom. The lowest BCUT2D eigenvalue weighted by atomic mass is 10.1. The van der Waals surface area contributed by atoms with Gasteiger partial charge in [-0.05, 0) is 0 Å². The van der Waals surface area contributed by atoms with Gasteiger partial charge in [-0.2, -0.15) is 21.6 Å². The third kappa shape index (κ3) is 3.02. The normalized spacial score (nSPS) is 28.3. The number of halogens is 4.